The van der Waals surface area contributed by atoms with Gasteiger partial charge in [-0.3, -0.25) is 4.99 Å². The zero-order valence-corrected chi connectivity index (χ0v) is 19.4. The number of para-hydroxylation sites is 1. The molecular weight excluding hydrogens is 475 g/mol. The summed E-state index contributed by atoms with van der Waals surface area (Å²) in [7, 11) is 0. The van der Waals surface area contributed by atoms with Crippen molar-refractivity contribution in [1.82, 2.24) is 10.6 Å². The second-order valence-electron chi connectivity index (χ2n) is 7.46. The van der Waals surface area contributed by atoms with Crippen LogP contribution >= 0.6 is 24.0 Å². The normalized spacial score (nSPS) is 18.0. The number of aliphatic imine (C=N–C) groups is 1. The maximum absolute atomic E-state index is 5.59. The summed E-state index contributed by atoms with van der Waals surface area (Å²) in [6.07, 6.45) is 3.10. The van der Waals surface area contributed by atoms with Crippen LogP contribution in [0.4, 0.5) is 5.69 Å². The van der Waals surface area contributed by atoms with E-state index in [0.717, 1.165) is 63.8 Å². The molecule has 29 heavy (non-hydrogen) atoms. The molecule has 0 bridgehead atoms. The number of fused-ring (bicyclic) bond motifs is 1. The van der Waals surface area contributed by atoms with Crippen molar-refractivity contribution >= 4 is 35.6 Å². The Bertz CT molecular complexity index is 812. The molecule has 0 aromatic heterocycles. The molecule has 6 heteroatoms. The zero-order valence-electron chi connectivity index (χ0n) is 17.1. The predicted molar refractivity (Wildman–Crippen MR) is 131 cm³/mol. The number of nitrogens with one attached hydrogen (secondary N) is 2. The first-order chi connectivity index (χ1) is 13.8. The minimum absolute atomic E-state index is 0. The molecule has 1 fully saturated rings. The highest BCUT2D eigenvalue weighted by molar-refractivity contribution is 14.0. The Hall–Kier alpha value is -1.96. The summed E-state index contributed by atoms with van der Waals surface area (Å²) < 4.78 is 5.59. The molecule has 0 spiro atoms. The molecule has 2 aromatic carbocycles. The number of ether oxygens (including phenoxy) is 1. The Kier molecular flexibility index (Phi) is 8.03. The first-order valence-electron chi connectivity index (χ1n) is 10.4. The Labute approximate surface area is 191 Å². The summed E-state index contributed by atoms with van der Waals surface area (Å²) in [5.41, 5.74) is 3.97. The number of halogens is 1. The van der Waals surface area contributed by atoms with Gasteiger partial charge in [0, 0.05) is 44.3 Å². The van der Waals surface area contributed by atoms with Crippen LogP contribution in [-0.2, 0) is 12.8 Å². The number of guanidine groups is 1. The number of hydrogen-bond acceptors (Lipinski definition) is 3. The van der Waals surface area contributed by atoms with Gasteiger partial charge in [0.1, 0.15) is 5.75 Å². The molecule has 0 amide bonds. The van der Waals surface area contributed by atoms with E-state index in [0.29, 0.717) is 6.04 Å². The molecule has 0 aliphatic carbocycles. The van der Waals surface area contributed by atoms with Crippen molar-refractivity contribution in [3.63, 3.8) is 0 Å². The van der Waals surface area contributed by atoms with E-state index in [-0.39, 0.29) is 24.0 Å². The molecule has 1 unspecified atom stereocenters. The largest absolute Gasteiger partial charge is 0.493 e. The van der Waals surface area contributed by atoms with Crippen molar-refractivity contribution in [2.45, 2.75) is 32.2 Å². The molecule has 2 heterocycles. The quantitative estimate of drug-likeness (QED) is 0.357. The van der Waals surface area contributed by atoms with Gasteiger partial charge in [0.05, 0.1) is 6.61 Å². The zero-order chi connectivity index (χ0) is 19.2. The van der Waals surface area contributed by atoms with Crippen molar-refractivity contribution in [2.75, 3.05) is 37.7 Å². The fourth-order valence-electron chi connectivity index (χ4n) is 3.96. The molecule has 2 aromatic rings. The van der Waals surface area contributed by atoms with Crippen molar-refractivity contribution in [1.29, 1.82) is 0 Å². The maximum atomic E-state index is 5.59. The van der Waals surface area contributed by atoms with E-state index in [9.17, 15) is 0 Å². The molecule has 2 N–H and O–H groups in total. The van der Waals surface area contributed by atoms with Crippen LogP contribution in [0.1, 0.15) is 24.5 Å². The summed E-state index contributed by atoms with van der Waals surface area (Å²) in [5.74, 6) is 1.97. The highest BCUT2D eigenvalue weighted by atomic mass is 127. The van der Waals surface area contributed by atoms with Gasteiger partial charge in [-0.1, -0.05) is 30.3 Å². The van der Waals surface area contributed by atoms with Crippen LogP contribution < -0.4 is 20.3 Å². The first-order valence-corrected chi connectivity index (χ1v) is 10.4. The fourth-order valence-corrected chi connectivity index (χ4v) is 3.96. The van der Waals surface area contributed by atoms with Gasteiger partial charge in [0.25, 0.3) is 0 Å². The van der Waals surface area contributed by atoms with Crippen molar-refractivity contribution in [2.24, 2.45) is 4.99 Å². The molecule has 0 radical (unpaired) electrons. The molecule has 2 aliphatic heterocycles. The molecule has 156 valence electrons. The molecular formula is C23H31IN4O. The van der Waals surface area contributed by atoms with Crippen LogP contribution in [0.25, 0.3) is 0 Å². The Morgan fingerprint density at radius 3 is 2.90 bits per heavy atom. The van der Waals surface area contributed by atoms with E-state index in [1.165, 1.54) is 16.8 Å². The van der Waals surface area contributed by atoms with Crippen LogP contribution in [0, 0.1) is 0 Å². The highest BCUT2D eigenvalue weighted by Gasteiger charge is 2.23. The van der Waals surface area contributed by atoms with Crippen molar-refractivity contribution in [3.05, 3.63) is 59.7 Å². The van der Waals surface area contributed by atoms with E-state index < -0.39 is 0 Å². The van der Waals surface area contributed by atoms with Crippen LogP contribution in [0.5, 0.6) is 5.75 Å². The van der Waals surface area contributed by atoms with E-state index in [4.69, 9.17) is 9.73 Å². The lowest BCUT2D eigenvalue weighted by Crippen LogP contribution is -2.44. The molecule has 5 nitrogen and oxygen atoms in total. The summed E-state index contributed by atoms with van der Waals surface area (Å²) in [6.45, 7) is 6.67. The smallest absolute Gasteiger partial charge is 0.191 e. The predicted octanol–water partition coefficient (Wildman–Crippen LogP) is 3.62. The minimum Gasteiger partial charge on any atom is -0.493 e. The lowest BCUT2D eigenvalue weighted by molar-refractivity contribution is 0.357. The Balaban J connectivity index is 0.00000240. The summed E-state index contributed by atoms with van der Waals surface area (Å²) >= 11 is 0. The van der Waals surface area contributed by atoms with Gasteiger partial charge in [-0.05, 0) is 49.1 Å². The van der Waals surface area contributed by atoms with E-state index in [1.54, 1.807) is 0 Å². The van der Waals surface area contributed by atoms with Crippen LogP contribution in [0.2, 0.25) is 0 Å². The molecule has 4 rings (SSSR count). The number of anilines is 1. The second-order valence-corrected chi connectivity index (χ2v) is 7.46. The van der Waals surface area contributed by atoms with Gasteiger partial charge in [-0.15, -0.1) is 24.0 Å². The number of benzene rings is 2. The first kappa shape index (κ1) is 21.7. The van der Waals surface area contributed by atoms with Crippen LogP contribution in [-0.4, -0.2) is 44.8 Å². The number of hydrogen-bond donors (Lipinski definition) is 2. The van der Waals surface area contributed by atoms with Gasteiger partial charge >= 0.3 is 0 Å². The number of rotatable bonds is 6. The summed E-state index contributed by atoms with van der Waals surface area (Å²) in [6, 6.07) is 17.6. The maximum Gasteiger partial charge on any atom is 0.191 e. The summed E-state index contributed by atoms with van der Waals surface area (Å²) in [4.78, 5) is 7.25. The van der Waals surface area contributed by atoms with Crippen molar-refractivity contribution < 1.29 is 4.74 Å². The molecule has 0 saturated carbocycles. The highest BCUT2D eigenvalue weighted by Crippen LogP contribution is 2.26. The SMILES string of the molecule is CCNC(=NCCc1ccc2c(c1)CCO2)NC1CCN(c2ccccc2)C1.I. The standard InChI is InChI=1S/C23H30N4O.HI/c1-2-24-23(25-13-10-18-8-9-22-19(16-18)12-15-28-22)26-20-11-14-27(17-20)21-6-4-3-5-7-21;/h3-9,16,20H,2,10-15,17H2,1H3,(H2,24,25,26);1H. The lowest BCUT2D eigenvalue weighted by Gasteiger charge is -2.20. The van der Waals surface area contributed by atoms with Gasteiger partial charge in [-0.2, -0.15) is 0 Å². The topological polar surface area (TPSA) is 48.9 Å². The molecule has 2 aliphatic rings. The van der Waals surface area contributed by atoms with Crippen LogP contribution in [0.15, 0.2) is 53.5 Å². The monoisotopic (exact) mass is 506 g/mol. The fraction of sp³-hybridized carbons (Fsp3) is 0.435. The number of nitrogens with zero attached hydrogens (tertiary/aromatic N) is 2. The van der Waals surface area contributed by atoms with Crippen LogP contribution in [0.3, 0.4) is 0 Å². The third-order valence-electron chi connectivity index (χ3n) is 5.42. The molecule has 1 atom stereocenters. The second kappa shape index (κ2) is 10.7. The summed E-state index contributed by atoms with van der Waals surface area (Å²) in [5, 5.41) is 7.01. The van der Waals surface area contributed by atoms with Gasteiger partial charge in [0.2, 0.25) is 0 Å². The van der Waals surface area contributed by atoms with E-state index >= 15 is 0 Å². The minimum atomic E-state index is 0. The van der Waals surface area contributed by atoms with Crippen molar-refractivity contribution in [3.8, 4) is 5.75 Å². The Morgan fingerprint density at radius 1 is 1.21 bits per heavy atom. The molecule has 1 saturated heterocycles. The third kappa shape index (κ3) is 5.78. The lowest BCUT2D eigenvalue weighted by atomic mass is 10.1. The van der Waals surface area contributed by atoms with E-state index in [1.807, 2.05) is 0 Å². The van der Waals surface area contributed by atoms with Gasteiger partial charge in [0.15, 0.2) is 5.96 Å². The van der Waals surface area contributed by atoms with Gasteiger partial charge in [-0.25, -0.2) is 0 Å². The average molecular weight is 506 g/mol. The van der Waals surface area contributed by atoms with E-state index in [2.05, 4.69) is 71.0 Å². The van der Waals surface area contributed by atoms with Gasteiger partial charge < -0.3 is 20.3 Å². The third-order valence-corrected chi connectivity index (χ3v) is 5.42. The Morgan fingerprint density at radius 2 is 2.07 bits per heavy atom. The average Bonchev–Trinajstić information content (AvgIpc) is 3.38.